The van der Waals surface area contributed by atoms with E-state index < -0.39 is 0 Å². The van der Waals surface area contributed by atoms with Gasteiger partial charge in [0.25, 0.3) is 5.91 Å². The third-order valence-corrected chi connectivity index (χ3v) is 5.08. The van der Waals surface area contributed by atoms with Crippen LogP contribution in [0.25, 0.3) is 11.2 Å². The molecule has 0 spiro atoms. The van der Waals surface area contributed by atoms with Gasteiger partial charge in [0.2, 0.25) is 0 Å². The van der Waals surface area contributed by atoms with E-state index in [1.807, 2.05) is 29.0 Å². The Bertz CT molecular complexity index is 1160. The highest BCUT2D eigenvalue weighted by molar-refractivity contribution is 5.96. The summed E-state index contributed by atoms with van der Waals surface area (Å²) in [5.74, 6) is 1.30. The van der Waals surface area contributed by atoms with E-state index in [0.29, 0.717) is 30.1 Å². The van der Waals surface area contributed by atoms with Crippen LogP contribution < -0.4 is 0 Å². The summed E-state index contributed by atoms with van der Waals surface area (Å²) in [6.45, 7) is 1.02. The predicted octanol–water partition coefficient (Wildman–Crippen LogP) is 3.01. The molecule has 0 bridgehead atoms. The lowest BCUT2D eigenvalue weighted by Crippen LogP contribution is -2.26. The summed E-state index contributed by atoms with van der Waals surface area (Å²) < 4.78 is 7.31. The van der Waals surface area contributed by atoms with Gasteiger partial charge in [0.1, 0.15) is 17.0 Å². The Kier molecular flexibility index (Phi) is 4.31. The first-order valence-electron chi connectivity index (χ1n) is 9.58. The third-order valence-electron chi connectivity index (χ3n) is 5.08. The van der Waals surface area contributed by atoms with Crippen LogP contribution in [0.15, 0.2) is 53.7 Å². The van der Waals surface area contributed by atoms with Gasteiger partial charge in [-0.25, -0.2) is 9.97 Å². The predicted molar refractivity (Wildman–Crippen MR) is 105 cm³/mol. The van der Waals surface area contributed by atoms with Gasteiger partial charge >= 0.3 is 0 Å². The molecule has 29 heavy (non-hydrogen) atoms. The van der Waals surface area contributed by atoms with Crippen molar-refractivity contribution in [3.05, 3.63) is 71.8 Å². The molecular weight excluding hydrogens is 368 g/mol. The molecule has 0 aromatic carbocycles. The standard InChI is InChI=1S/C21H20N6O2/c1-26(12-17-8-19(29-25-17)15-4-5-15)21(28)16-7-18-20(23-10-16)27(13-24-18)11-14-3-2-6-22-9-14/h2-3,6-10,13,15H,4-5,11-12H2,1H3. The topological polar surface area (TPSA) is 89.9 Å². The van der Waals surface area contributed by atoms with Gasteiger partial charge in [0, 0.05) is 37.6 Å². The van der Waals surface area contributed by atoms with Crippen molar-refractivity contribution < 1.29 is 9.32 Å². The highest BCUT2D eigenvalue weighted by Crippen LogP contribution is 2.40. The number of hydrogen-bond acceptors (Lipinski definition) is 6. The van der Waals surface area contributed by atoms with Gasteiger partial charge in [-0.3, -0.25) is 9.78 Å². The number of fused-ring (bicyclic) bond motifs is 1. The Morgan fingerprint density at radius 3 is 2.97 bits per heavy atom. The summed E-state index contributed by atoms with van der Waals surface area (Å²) >= 11 is 0. The summed E-state index contributed by atoms with van der Waals surface area (Å²) in [6, 6.07) is 7.63. The lowest BCUT2D eigenvalue weighted by molar-refractivity contribution is 0.0782. The first-order valence-corrected chi connectivity index (χ1v) is 9.58. The molecule has 1 amide bonds. The number of pyridine rings is 2. The summed E-state index contributed by atoms with van der Waals surface area (Å²) in [7, 11) is 1.75. The first-order chi connectivity index (χ1) is 14.2. The van der Waals surface area contributed by atoms with Crippen LogP contribution in [0, 0.1) is 0 Å². The van der Waals surface area contributed by atoms with Crippen LogP contribution in [-0.4, -0.2) is 42.5 Å². The Balaban J connectivity index is 1.32. The van der Waals surface area contributed by atoms with Crippen LogP contribution in [0.3, 0.4) is 0 Å². The molecule has 1 aliphatic rings. The number of carbonyl (C=O) groups excluding carboxylic acids is 1. The van der Waals surface area contributed by atoms with Crippen molar-refractivity contribution in [2.75, 3.05) is 7.05 Å². The van der Waals surface area contributed by atoms with Gasteiger partial charge in [-0.05, 0) is 30.5 Å². The second-order valence-electron chi connectivity index (χ2n) is 7.46. The molecule has 0 radical (unpaired) electrons. The van der Waals surface area contributed by atoms with Crippen LogP contribution in [0.1, 0.15) is 46.1 Å². The molecule has 146 valence electrons. The minimum atomic E-state index is -0.128. The quantitative estimate of drug-likeness (QED) is 0.504. The van der Waals surface area contributed by atoms with Crippen molar-refractivity contribution in [3.63, 3.8) is 0 Å². The monoisotopic (exact) mass is 388 g/mol. The number of imidazole rings is 1. The van der Waals surface area contributed by atoms with E-state index in [1.54, 1.807) is 36.7 Å². The molecule has 1 saturated carbocycles. The summed E-state index contributed by atoms with van der Waals surface area (Å²) in [4.78, 5) is 27.5. The summed E-state index contributed by atoms with van der Waals surface area (Å²) in [6.07, 6.45) is 9.20. The van der Waals surface area contributed by atoms with Crippen LogP contribution in [-0.2, 0) is 13.1 Å². The van der Waals surface area contributed by atoms with Crippen molar-refractivity contribution in [1.82, 2.24) is 29.6 Å². The highest BCUT2D eigenvalue weighted by atomic mass is 16.5. The highest BCUT2D eigenvalue weighted by Gasteiger charge is 2.28. The zero-order valence-electron chi connectivity index (χ0n) is 16.0. The van der Waals surface area contributed by atoms with Crippen LogP contribution in [0.2, 0.25) is 0 Å². The Hall–Kier alpha value is -3.55. The molecule has 8 nitrogen and oxygen atoms in total. The van der Waals surface area contributed by atoms with E-state index in [1.165, 1.54) is 0 Å². The number of hydrogen-bond donors (Lipinski definition) is 0. The normalized spacial score (nSPS) is 13.7. The van der Waals surface area contributed by atoms with Crippen molar-refractivity contribution >= 4 is 17.1 Å². The van der Waals surface area contributed by atoms with Crippen molar-refractivity contribution in [2.45, 2.75) is 31.8 Å². The second kappa shape index (κ2) is 7.12. The maximum absolute atomic E-state index is 12.8. The van der Waals surface area contributed by atoms with Gasteiger partial charge in [-0.1, -0.05) is 11.2 Å². The molecule has 1 aliphatic carbocycles. The number of amides is 1. The molecule has 1 fully saturated rings. The third kappa shape index (κ3) is 3.61. The van der Waals surface area contributed by atoms with Crippen molar-refractivity contribution in [3.8, 4) is 0 Å². The molecule has 4 aromatic rings. The van der Waals surface area contributed by atoms with Crippen LogP contribution in [0.5, 0.6) is 0 Å². The van der Waals surface area contributed by atoms with Gasteiger partial charge < -0.3 is 14.0 Å². The smallest absolute Gasteiger partial charge is 0.255 e. The molecular formula is C21H20N6O2. The molecule has 0 aliphatic heterocycles. The van der Waals surface area contributed by atoms with Crippen LogP contribution in [0.4, 0.5) is 0 Å². The average Bonchev–Trinajstić information content (AvgIpc) is 3.37. The lowest BCUT2D eigenvalue weighted by atomic mass is 10.2. The largest absolute Gasteiger partial charge is 0.361 e. The summed E-state index contributed by atoms with van der Waals surface area (Å²) in [5.41, 5.74) is 3.74. The molecule has 0 saturated heterocycles. The van der Waals surface area contributed by atoms with Gasteiger partial charge in [0.05, 0.1) is 25.0 Å². The first kappa shape index (κ1) is 17.5. The number of rotatable bonds is 6. The maximum atomic E-state index is 12.8. The fraction of sp³-hybridized carbons (Fsp3) is 0.286. The number of aromatic nitrogens is 5. The molecule has 4 heterocycles. The van der Waals surface area contributed by atoms with E-state index in [9.17, 15) is 4.79 Å². The minimum Gasteiger partial charge on any atom is -0.361 e. The van der Waals surface area contributed by atoms with E-state index in [0.717, 1.165) is 35.5 Å². The van der Waals surface area contributed by atoms with E-state index >= 15 is 0 Å². The van der Waals surface area contributed by atoms with E-state index in [2.05, 4.69) is 20.1 Å². The Morgan fingerprint density at radius 1 is 1.28 bits per heavy atom. The van der Waals surface area contributed by atoms with Crippen LogP contribution >= 0.6 is 0 Å². The van der Waals surface area contributed by atoms with Gasteiger partial charge in [-0.2, -0.15) is 0 Å². The van der Waals surface area contributed by atoms with Crippen molar-refractivity contribution in [2.24, 2.45) is 0 Å². The fourth-order valence-electron chi connectivity index (χ4n) is 3.37. The Morgan fingerprint density at radius 2 is 2.17 bits per heavy atom. The van der Waals surface area contributed by atoms with E-state index in [4.69, 9.17) is 4.52 Å². The second-order valence-corrected chi connectivity index (χ2v) is 7.46. The zero-order valence-corrected chi connectivity index (χ0v) is 16.0. The fourth-order valence-corrected chi connectivity index (χ4v) is 3.37. The van der Waals surface area contributed by atoms with Gasteiger partial charge in [-0.15, -0.1) is 0 Å². The number of carbonyl (C=O) groups is 1. The molecule has 0 N–H and O–H groups in total. The molecule has 5 rings (SSSR count). The maximum Gasteiger partial charge on any atom is 0.255 e. The SMILES string of the molecule is CN(Cc1cc(C2CC2)on1)C(=O)c1cnc2c(c1)ncn2Cc1cccnc1. The molecule has 0 unspecified atom stereocenters. The Labute approximate surface area is 167 Å². The average molecular weight is 388 g/mol. The lowest BCUT2D eigenvalue weighted by Gasteiger charge is -2.15. The van der Waals surface area contributed by atoms with Crippen molar-refractivity contribution in [1.29, 1.82) is 0 Å². The van der Waals surface area contributed by atoms with Gasteiger partial charge in [0.15, 0.2) is 5.65 Å². The zero-order chi connectivity index (χ0) is 19.8. The number of nitrogens with zero attached hydrogens (tertiary/aromatic N) is 6. The molecule has 0 atom stereocenters. The van der Waals surface area contributed by atoms with E-state index in [-0.39, 0.29) is 5.91 Å². The molecule has 8 heteroatoms. The summed E-state index contributed by atoms with van der Waals surface area (Å²) in [5, 5.41) is 4.08. The minimum absolute atomic E-state index is 0.128. The molecule has 4 aromatic heterocycles.